The van der Waals surface area contributed by atoms with Crippen LogP contribution in [0.2, 0.25) is 0 Å². The number of amides is 2. The molecule has 180 valence electrons. The Morgan fingerprint density at radius 1 is 0.971 bits per heavy atom. The second kappa shape index (κ2) is 11.3. The second-order valence-electron chi connectivity index (χ2n) is 8.34. The number of ether oxygens (including phenoxy) is 2. The van der Waals surface area contributed by atoms with Gasteiger partial charge in [0.05, 0.1) is 31.4 Å². The first-order valence-corrected chi connectivity index (χ1v) is 11.1. The van der Waals surface area contributed by atoms with Crippen molar-refractivity contribution in [1.82, 2.24) is 9.55 Å². The largest absolute Gasteiger partial charge is 0.493 e. The van der Waals surface area contributed by atoms with Gasteiger partial charge in [0, 0.05) is 36.8 Å². The third-order valence-corrected chi connectivity index (χ3v) is 5.18. The number of aromatic nitrogens is 2. The molecule has 1 heterocycles. The third-order valence-electron chi connectivity index (χ3n) is 5.18. The number of carbonyl (C=O) groups excluding carboxylic acids is 2. The third kappa shape index (κ3) is 6.34. The highest BCUT2D eigenvalue weighted by Gasteiger charge is 2.12. The maximum absolute atomic E-state index is 12.8. The maximum atomic E-state index is 12.8. The first kappa shape index (κ1) is 24.8. The number of rotatable bonds is 10. The highest BCUT2D eigenvalue weighted by molar-refractivity contribution is 5.93. The average molecular weight is 467 g/mol. The van der Waals surface area contributed by atoms with E-state index in [4.69, 9.17) is 9.47 Å². The van der Waals surface area contributed by atoms with Gasteiger partial charge in [-0.05, 0) is 42.7 Å². The highest BCUT2D eigenvalue weighted by Crippen LogP contribution is 2.29. The van der Waals surface area contributed by atoms with E-state index in [1.165, 1.54) is 25.1 Å². The maximum Gasteiger partial charge on any atom is 0.261 e. The van der Waals surface area contributed by atoms with E-state index in [9.17, 15) is 14.4 Å². The minimum atomic E-state index is -0.207. The van der Waals surface area contributed by atoms with Crippen molar-refractivity contribution in [3.8, 4) is 11.5 Å². The Hall–Kier alpha value is -3.88. The minimum Gasteiger partial charge on any atom is -0.493 e. The quantitative estimate of drug-likeness (QED) is 0.470. The van der Waals surface area contributed by atoms with Gasteiger partial charge in [0.1, 0.15) is 0 Å². The van der Waals surface area contributed by atoms with E-state index in [0.717, 1.165) is 0 Å². The van der Waals surface area contributed by atoms with E-state index < -0.39 is 0 Å². The SMILES string of the molecule is COc1cc2ncn(CCCC(=O)Nc3ccc(NC(=O)CC(C)C)cc3)c(=O)c2cc1OC. The van der Waals surface area contributed by atoms with Crippen LogP contribution in [-0.2, 0) is 16.1 Å². The fraction of sp³-hybridized carbons (Fsp3) is 0.360. The van der Waals surface area contributed by atoms with Gasteiger partial charge >= 0.3 is 0 Å². The summed E-state index contributed by atoms with van der Waals surface area (Å²) < 4.78 is 12.0. The number of hydrogen-bond donors (Lipinski definition) is 2. The molecule has 2 aromatic carbocycles. The number of methoxy groups -OCH3 is 2. The van der Waals surface area contributed by atoms with E-state index in [0.29, 0.717) is 53.2 Å². The van der Waals surface area contributed by atoms with E-state index >= 15 is 0 Å². The van der Waals surface area contributed by atoms with Crippen LogP contribution in [0.4, 0.5) is 11.4 Å². The molecule has 3 aromatic rings. The topological polar surface area (TPSA) is 112 Å². The van der Waals surface area contributed by atoms with Crippen molar-refractivity contribution in [2.45, 2.75) is 39.7 Å². The molecule has 0 bridgehead atoms. The smallest absolute Gasteiger partial charge is 0.261 e. The van der Waals surface area contributed by atoms with Crippen LogP contribution < -0.4 is 25.7 Å². The molecule has 0 radical (unpaired) electrons. The number of nitrogens with zero attached hydrogens (tertiary/aromatic N) is 2. The van der Waals surface area contributed by atoms with Crippen molar-refractivity contribution in [1.29, 1.82) is 0 Å². The summed E-state index contributed by atoms with van der Waals surface area (Å²) in [5.41, 5.74) is 1.63. The molecule has 9 nitrogen and oxygen atoms in total. The number of anilines is 2. The molecule has 2 amide bonds. The normalized spacial score (nSPS) is 10.9. The van der Waals surface area contributed by atoms with Gasteiger partial charge in [-0.25, -0.2) is 4.98 Å². The van der Waals surface area contributed by atoms with Crippen molar-refractivity contribution in [3.05, 3.63) is 53.1 Å². The van der Waals surface area contributed by atoms with Crippen molar-refractivity contribution in [2.75, 3.05) is 24.9 Å². The second-order valence-corrected chi connectivity index (χ2v) is 8.34. The van der Waals surface area contributed by atoms with Gasteiger partial charge in [-0.3, -0.25) is 19.0 Å². The van der Waals surface area contributed by atoms with Gasteiger partial charge < -0.3 is 20.1 Å². The number of nitrogens with one attached hydrogen (secondary N) is 2. The summed E-state index contributed by atoms with van der Waals surface area (Å²) in [7, 11) is 3.03. The molecule has 0 saturated heterocycles. The van der Waals surface area contributed by atoms with E-state index in [2.05, 4.69) is 15.6 Å². The van der Waals surface area contributed by atoms with Crippen LogP contribution in [0.3, 0.4) is 0 Å². The molecular weight excluding hydrogens is 436 g/mol. The van der Waals surface area contributed by atoms with Crippen molar-refractivity contribution < 1.29 is 19.1 Å². The lowest BCUT2D eigenvalue weighted by atomic mass is 10.1. The van der Waals surface area contributed by atoms with E-state index in [1.807, 2.05) is 13.8 Å². The highest BCUT2D eigenvalue weighted by atomic mass is 16.5. The zero-order valence-corrected chi connectivity index (χ0v) is 19.9. The molecule has 1 aromatic heterocycles. The lowest BCUT2D eigenvalue weighted by Crippen LogP contribution is -2.22. The number of carbonyl (C=O) groups is 2. The first-order valence-electron chi connectivity index (χ1n) is 11.1. The predicted molar refractivity (Wildman–Crippen MR) is 131 cm³/mol. The minimum absolute atomic E-state index is 0.0391. The number of aryl methyl sites for hydroxylation is 1. The van der Waals surface area contributed by atoms with Gasteiger partial charge in [-0.2, -0.15) is 0 Å². The average Bonchev–Trinajstić information content (AvgIpc) is 2.80. The van der Waals surface area contributed by atoms with Gasteiger partial charge in [0.25, 0.3) is 5.56 Å². The summed E-state index contributed by atoms with van der Waals surface area (Å²) in [4.78, 5) is 41.3. The Labute approximate surface area is 198 Å². The van der Waals surface area contributed by atoms with Crippen LogP contribution >= 0.6 is 0 Å². The molecule has 34 heavy (non-hydrogen) atoms. The number of fused-ring (bicyclic) bond motifs is 1. The molecule has 0 aliphatic carbocycles. The lowest BCUT2D eigenvalue weighted by Gasteiger charge is -2.11. The fourth-order valence-electron chi connectivity index (χ4n) is 3.50. The van der Waals surface area contributed by atoms with Gasteiger partial charge in [0.2, 0.25) is 11.8 Å². The van der Waals surface area contributed by atoms with Crippen LogP contribution in [0.25, 0.3) is 10.9 Å². The Kier molecular flexibility index (Phi) is 8.24. The monoisotopic (exact) mass is 466 g/mol. The standard InChI is InChI=1S/C25H30N4O5/c1-16(2)12-24(31)28-18-9-7-17(8-10-18)27-23(30)6-5-11-29-15-26-20-14-22(34-4)21(33-3)13-19(20)25(29)32/h7-10,13-16H,5-6,11-12H2,1-4H3,(H,27,30)(H,28,31). The fourth-order valence-corrected chi connectivity index (χ4v) is 3.50. The van der Waals surface area contributed by atoms with Crippen LogP contribution in [-0.4, -0.2) is 35.6 Å². The number of hydrogen-bond acceptors (Lipinski definition) is 6. The summed E-state index contributed by atoms with van der Waals surface area (Å²) in [6.45, 7) is 4.32. The summed E-state index contributed by atoms with van der Waals surface area (Å²) in [5, 5.41) is 6.08. The molecule has 0 atom stereocenters. The van der Waals surface area contributed by atoms with E-state index in [1.54, 1.807) is 36.4 Å². The summed E-state index contributed by atoms with van der Waals surface area (Å²) in [6.07, 6.45) is 2.63. The number of benzene rings is 2. The molecule has 9 heteroatoms. The zero-order chi connectivity index (χ0) is 24.7. The molecule has 3 rings (SSSR count). The van der Waals surface area contributed by atoms with Crippen LogP contribution in [0, 0.1) is 5.92 Å². The van der Waals surface area contributed by atoms with Crippen molar-refractivity contribution >= 4 is 34.1 Å². The first-order chi connectivity index (χ1) is 16.3. The van der Waals surface area contributed by atoms with Crippen molar-refractivity contribution in [2.24, 2.45) is 5.92 Å². The van der Waals surface area contributed by atoms with Crippen LogP contribution in [0.1, 0.15) is 33.1 Å². The Morgan fingerprint density at radius 3 is 2.15 bits per heavy atom. The molecule has 0 unspecified atom stereocenters. The summed E-state index contributed by atoms with van der Waals surface area (Å²) >= 11 is 0. The Balaban J connectivity index is 1.55. The molecule has 0 fully saturated rings. The summed E-state index contributed by atoms with van der Waals surface area (Å²) in [5.74, 6) is 1.04. The van der Waals surface area contributed by atoms with Crippen molar-refractivity contribution in [3.63, 3.8) is 0 Å². The Morgan fingerprint density at radius 2 is 1.56 bits per heavy atom. The zero-order valence-electron chi connectivity index (χ0n) is 19.9. The molecule has 0 spiro atoms. The Bertz CT molecular complexity index is 1220. The van der Waals surface area contributed by atoms with Gasteiger partial charge in [0.15, 0.2) is 11.5 Å². The molecule has 0 aliphatic rings. The summed E-state index contributed by atoms with van der Waals surface area (Å²) in [6, 6.07) is 10.2. The lowest BCUT2D eigenvalue weighted by molar-refractivity contribution is -0.117. The van der Waals surface area contributed by atoms with Gasteiger partial charge in [-0.1, -0.05) is 13.8 Å². The molecule has 0 aliphatic heterocycles. The molecular formula is C25H30N4O5. The molecule has 2 N–H and O–H groups in total. The van der Waals surface area contributed by atoms with Crippen LogP contribution in [0.15, 0.2) is 47.5 Å². The predicted octanol–water partition coefficient (Wildman–Crippen LogP) is 3.82. The van der Waals surface area contributed by atoms with E-state index in [-0.39, 0.29) is 29.7 Å². The molecule has 0 saturated carbocycles. The van der Waals surface area contributed by atoms with Crippen LogP contribution in [0.5, 0.6) is 11.5 Å². The van der Waals surface area contributed by atoms with Gasteiger partial charge in [-0.15, -0.1) is 0 Å².